The number of pyridine rings is 1. The Morgan fingerprint density at radius 2 is 1.80 bits per heavy atom. The molecule has 0 unspecified atom stereocenters. The third-order valence-electron chi connectivity index (χ3n) is 2.87. The van der Waals surface area contributed by atoms with Gasteiger partial charge in [-0.25, -0.2) is 4.79 Å². The van der Waals surface area contributed by atoms with Crippen molar-refractivity contribution in [1.82, 2.24) is 9.88 Å². The Hall–Kier alpha value is -2.69. The first-order valence-corrected chi connectivity index (χ1v) is 6.05. The molecule has 0 saturated carbocycles. The van der Waals surface area contributed by atoms with Crippen LogP contribution in [0.1, 0.15) is 26.3 Å². The van der Waals surface area contributed by atoms with Crippen molar-refractivity contribution in [3.8, 4) is 0 Å². The summed E-state index contributed by atoms with van der Waals surface area (Å²) < 4.78 is 0. The molecule has 2 aromatic rings. The lowest BCUT2D eigenvalue weighted by molar-refractivity contribution is 0.0697. The highest BCUT2D eigenvalue weighted by Crippen LogP contribution is 2.10. The van der Waals surface area contributed by atoms with E-state index in [1.54, 1.807) is 31.6 Å². The summed E-state index contributed by atoms with van der Waals surface area (Å²) in [6, 6.07) is 9.68. The third-order valence-corrected chi connectivity index (χ3v) is 2.87. The Labute approximate surface area is 116 Å². The maximum Gasteiger partial charge on any atom is 0.335 e. The van der Waals surface area contributed by atoms with Crippen LogP contribution in [0.3, 0.4) is 0 Å². The van der Waals surface area contributed by atoms with Gasteiger partial charge in [0, 0.05) is 31.5 Å². The van der Waals surface area contributed by atoms with Crippen molar-refractivity contribution >= 4 is 11.9 Å². The fourth-order valence-corrected chi connectivity index (χ4v) is 1.84. The summed E-state index contributed by atoms with van der Waals surface area (Å²) in [6.45, 7) is 0.443. The summed E-state index contributed by atoms with van der Waals surface area (Å²) in [5.41, 5.74) is 1.43. The Morgan fingerprint density at radius 1 is 1.15 bits per heavy atom. The fourth-order valence-electron chi connectivity index (χ4n) is 1.84. The second-order valence-corrected chi connectivity index (χ2v) is 4.40. The molecule has 0 radical (unpaired) electrons. The third kappa shape index (κ3) is 3.20. The molecule has 20 heavy (non-hydrogen) atoms. The zero-order chi connectivity index (χ0) is 14.5. The number of carboxylic acids is 1. The Bertz CT molecular complexity index is 626. The van der Waals surface area contributed by atoms with Gasteiger partial charge in [-0.05, 0) is 35.9 Å². The van der Waals surface area contributed by atoms with Crippen LogP contribution in [0.4, 0.5) is 0 Å². The van der Waals surface area contributed by atoms with Crippen molar-refractivity contribution in [2.24, 2.45) is 0 Å². The van der Waals surface area contributed by atoms with Crippen LogP contribution in [0.2, 0.25) is 0 Å². The van der Waals surface area contributed by atoms with E-state index in [0.717, 1.165) is 5.56 Å². The van der Waals surface area contributed by atoms with Crippen molar-refractivity contribution in [3.63, 3.8) is 0 Å². The molecule has 1 N–H and O–H groups in total. The van der Waals surface area contributed by atoms with Crippen LogP contribution in [0.5, 0.6) is 0 Å². The number of carboxylic acid groups (broad SMARTS) is 1. The van der Waals surface area contributed by atoms with E-state index in [-0.39, 0.29) is 11.5 Å². The van der Waals surface area contributed by atoms with Crippen molar-refractivity contribution in [2.45, 2.75) is 6.54 Å². The van der Waals surface area contributed by atoms with Gasteiger partial charge in [0.25, 0.3) is 5.91 Å². The number of hydrogen-bond donors (Lipinski definition) is 1. The van der Waals surface area contributed by atoms with Crippen LogP contribution in [-0.2, 0) is 6.54 Å². The molecule has 1 heterocycles. The van der Waals surface area contributed by atoms with E-state index in [4.69, 9.17) is 5.11 Å². The van der Waals surface area contributed by atoms with Crippen molar-refractivity contribution in [2.75, 3.05) is 7.05 Å². The van der Waals surface area contributed by atoms with Crippen molar-refractivity contribution in [1.29, 1.82) is 0 Å². The minimum atomic E-state index is -1.04. The van der Waals surface area contributed by atoms with E-state index in [1.165, 1.54) is 17.0 Å². The standard InChI is InChI=1S/C15H14N2O3/c1-17(10-11-5-7-16-8-6-11)14(18)12-3-2-4-13(9-12)15(19)20/h2-9H,10H2,1H3,(H,19,20). The number of aromatic nitrogens is 1. The number of benzene rings is 1. The highest BCUT2D eigenvalue weighted by atomic mass is 16.4. The smallest absolute Gasteiger partial charge is 0.335 e. The van der Waals surface area contributed by atoms with Crippen LogP contribution in [-0.4, -0.2) is 33.9 Å². The van der Waals surface area contributed by atoms with Gasteiger partial charge in [-0.3, -0.25) is 9.78 Å². The predicted molar refractivity (Wildman–Crippen MR) is 73.4 cm³/mol. The van der Waals surface area contributed by atoms with Gasteiger partial charge in [-0.15, -0.1) is 0 Å². The molecule has 0 fully saturated rings. The van der Waals surface area contributed by atoms with Crippen molar-refractivity contribution < 1.29 is 14.7 Å². The first-order valence-electron chi connectivity index (χ1n) is 6.05. The average molecular weight is 270 g/mol. The van der Waals surface area contributed by atoms with Gasteiger partial charge in [-0.1, -0.05) is 6.07 Å². The summed E-state index contributed by atoms with van der Waals surface area (Å²) in [4.78, 5) is 28.6. The number of amides is 1. The molecule has 5 heteroatoms. The molecule has 0 spiro atoms. The highest BCUT2D eigenvalue weighted by molar-refractivity contribution is 5.97. The molecule has 1 amide bonds. The Balaban J connectivity index is 2.14. The van der Waals surface area contributed by atoms with Gasteiger partial charge < -0.3 is 10.0 Å². The quantitative estimate of drug-likeness (QED) is 0.923. The lowest BCUT2D eigenvalue weighted by Gasteiger charge is -2.17. The SMILES string of the molecule is CN(Cc1ccncc1)C(=O)c1cccc(C(=O)O)c1. The first kappa shape index (κ1) is 13.7. The predicted octanol–water partition coefficient (Wildman–Crippen LogP) is 2.05. The topological polar surface area (TPSA) is 70.5 Å². The zero-order valence-corrected chi connectivity index (χ0v) is 11.0. The molecule has 0 aliphatic heterocycles. The highest BCUT2D eigenvalue weighted by Gasteiger charge is 2.14. The number of carbonyl (C=O) groups is 2. The average Bonchev–Trinajstić information content (AvgIpc) is 2.47. The van der Waals surface area contributed by atoms with Crippen LogP contribution < -0.4 is 0 Å². The first-order chi connectivity index (χ1) is 9.58. The van der Waals surface area contributed by atoms with Crippen LogP contribution in [0.25, 0.3) is 0 Å². The Morgan fingerprint density at radius 3 is 2.45 bits per heavy atom. The summed E-state index contributed by atoms with van der Waals surface area (Å²) in [5, 5.41) is 8.93. The zero-order valence-electron chi connectivity index (χ0n) is 11.0. The Kier molecular flexibility index (Phi) is 4.10. The number of aromatic carboxylic acids is 1. The maximum absolute atomic E-state index is 12.2. The maximum atomic E-state index is 12.2. The molecule has 0 aliphatic carbocycles. The minimum Gasteiger partial charge on any atom is -0.478 e. The molecule has 5 nitrogen and oxygen atoms in total. The van der Waals surface area contributed by atoms with Crippen LogP contribution in [0.15, 0.2) is 48.8 Å². The number of hydrogen-bond acceptors (Lipinski definition) is 3. The molecule has 1 aromatic carbocycles. The number of nitrogens with zero attached hydrogens (tertiary/aromatic N) is 2. The van der Waals surface area contributed by atoms with E-state index >= 15 is 0 Å². The molecule has 0 aliphatic rings. The lowest BCUT2D eigenvalue weighted by atomic mass is 10.1. The molecule has 0 atom stereocenters. The van der Waals surface area contributed by atoms with E-state index in [2.05, 4.69) is 4.98 Å². The molecule has 1 aromatic heterocycles. The van der Waals surface area contributed by atoms with Crippen molar-refractivity contribution in [3.05, 3.63) is 65.5 Å². The van der Waals surface area contributed by atoms with Gasteiger partial charge in [0.2, 0.25) is 0 Å². The van der Waals surface area contributed by atoms with Gasteiger partial charge in [0.05, 0.1) is 5.56 Å². The normalized spacial score (nSPS) is 10.1. The van der Waals surface area contributed by atoms with Crippen LogP contribution in [0, 0.1) is 0 Å². The van der Waals surface area contributed by atoms with E-state index in [9.17, 15) is 9.59 Å². The largest absolute Gasteiger partial charge is 0.478 e. The van der Waals surface area contributed by atoms with E-state index in [0.29, 0.717) is 12.1 Å². The summed E-state index contributed by atoms with van der Waals surface area (Å²) in [6.07, 6.45) is 3.33. The van der Waals surface area contributed by atoms with Gasteiger partial charge in [-0.2, -0.15) is 0 Å². The lowest BCUT2D eigenvalue weighted by Crippen LogP contribution is -2.26. The summed E-state index contributed by atoms with van der Waals surface area (Å²) in [5.74, 6) is -1.26. The van der Waals surface area contributed by atoms with Crippen LogP contribution >= 0.6 is 0 Å². The second-order valence-electron chi connectivity index (χ2n) is 4.40. The molecule has 102 valence electrons. The van der Waals surface area contributed by atoms with Gasteiger partial charge in [0.1, 0.15) is 0 Å². The second kappa shape index (κ2) is 5.97. The summed E-state index contributed by atoms with van der Waals surface area (Å²) in [7, 11) is 1.68. The van der Waals surface area contributed by atoms with E-state index in [1.807, 2.05) is 12.1 Å². The minimum absolute atomic E-state index is 0.105. The summed E-state index contributed by atoms with van der Waals surface area (Å²) >= 11 is 0. The molecular weight excluding hydrogens is 256 g/mol. The number of carbonyl (C=O) groups excluding carboxylic acids is 1. The van der Waals surface area contributed by atoms with Gasteiger partial charge >= 0.3 is 5.97 Å². The molecule has 0 bridgehead atoms. The van der Waals surface area contributed by atoms with E-state index < -0.39 is 5.97 Å². The molecule has 0 saturated heterocycles. The molecular formula is C15H14N2O3. The van der Waals surface area contributed by atoms with Gasteiger partial charge in [0.15, 0.2) is 0 Å². The monoisotopic (exact) mass is 270 g/mol. The fraction of sp³-hybridized carbons (Fsp3) is 0.133. The molecule has 2 rings (SSSR count). The number of rotatable bonds is 4.